The Labute approximate surface area is 151 Å². The molecule has 2 aromatic carbocycles. The van der Waals surface area contributed by atoms with Crippen LogP contribution >= 0.6 is 0 Å². The number of hydrogen-bond donors (Lipinski definition) is 1. The molecule has 0 aliphatic rings. The summed E-state index contributed by atoms with van der Waals surface area (Å²) >= 11 is 0. The van der Waals surface area contributed by atoms with Crippen molar-refractivity contribution in [3.05, 3.63) is 71.9 Å². The van der Waals surface area contributed by atoms with Gasteiger partial charge in [-0.15, -0.1) is 0 Å². The minimum absolute atomic E-state index is 0.826. The highest BCUT2D eigenvalue weighted by atomic mass is 14.9. The van der Waals surface area contributed by atoms with Crippen LogP contribution in [0, 0.1) is 0 Å². The van der Waals surface area contributed by atoms with Gasteiger partial charge in [-0.3, -0.25) is 4.98 Å². The van der Waals surface area contributed by atoms with E-state index in [-0.39, 0.29) is 0 Å². The summed E-state index contributed by atoms with van der Waals surface area (Å²) in [7, 11) is 0. The second-order valence-corrected chi connectivity index (χ2v) is 6.71. The van der Waals surface area contributed by atoms with Crippen molar-refractivity contribution in [3.8, 4) is 0 Å². The summed E-state index contributed by atoms with van der Waals surface area (Å²) in [4.78, 5) is 4.50. The van der Waals surface area contributed by atoms with Crippen molar-refractivity contribution < 1.29 is 0 Å². The number of anilines is 1. The van der Waals surface area contributed by atoms with E-state index in [4.69, 9.17) is 0 Å². The standard InChI is InChI=1S/C23H28N2/c1-2-3-4-5-6-9-19-13-15-20(16-14-19)18-25-22-12-7-10-21-11-8-17-24-23(21)22/h7-8,10-17,25H,2-6,9,18H2,1H3. The number of aryl methyl sites for hydroxylation is 1. The minimum Gasteiger partial charge on any atom is -0.379 e. The molecule has 0 fully saturated rings. The van der Waals surface area contributed by atoms with Crippen LogP contribution in [0.15, 0.2) is 60.8 Å². The van der Waals surface area contributed by atoms with Gasteiger partial charge in [0.05, 0.1) is 11.2 Å². The van der Waals surface area contributed by atoms with Gasteiger partial charge in [0.2, 0.25) is 0 Å². The Balaban J connectivity index is 1.53. The van der Waals surface area contributed by atoms with Gasteiger partial charge in [-0.25, -0.2) is 0 Å². The Morgan fingerprint density at radius 1 is 0.800 bits per heavy atom. The summed E-state index contributed by atoms with van der Waals surface area (Å²) < 4.78 is 0. The molecule has 0 aliphatic heterocycles. The molecule has 1 heterocycles. The molecular weight excluding hydrogens is 304 g/mol. The number of unbranched alkanes of at least 4 members (excludes halogenated alkanes) is 4. The normalized spacial score (nSPS) is 10.9. The van der Waals surface area contributed by atoms with Crippen LogP contribution in [-0.4, -0.2) is 4.98 Å². The van der Waals surface area contributed by atoms with E-state index in [1.165, 1.54) is 55.0 Å². The van der Waals surface area contributed by atoms with Crippen molar-refractivity contribution in [2.24, 2.45) is 0 Å². The molecule has 0 radical (unpaired) electrons. The SMILES string of the molecule is CCCCCCCc1ccc(CNc2cccc3cccnc23)cc1. The zero-order chi connectivity index (χ0) is 17.3. The maximum Gasteiger partial charge on any atom is 0.0933 e. The lowest BCUT2D eigenvalue weighted by Crippen LogP contribution is -2.00. The number of pyridine rings is 1. The number of hydrogen-bond acceptors (Lipinski definition) is 2. The van der Waals surface area contributed by atoms with Gasteiger partial charge in [-0.1, -0.05) is 75.1 Å². The average Bonchev–Trinajstić information content (AvgIpc) is 2.67. The van der Waals surface area contributed by atoms with Gasteiger partial charge < -0.3 is 5.32 Å². The van der Waals surface area contributed by atoms with Crippen LogP contribution in [0.2, 0.25) is 0 Å². The van der Waals surface area contributed by atoms with Crippen molar-refractivity contribution in [2.45, 2.75) is 52.0 Å². The highest BCUT2D eigenvalue weighted by Gasteiger charge is 2.01. The van der Waals surface area contributed by atoms with Gasteiger partial charge in [0.15, 0.2) is 0 Å². The number of fused-ring (bicyclic) bond motifs is 1. The third-order valence-electron chi connectivity index (χ3n) is 4.71. The molecule has 0 spiro atoms. The number of nitrogens with zero attached hydrogens (tertiary/aromatic N) is 1. The van der Waals surface area contributed by atoms with Crippen LogP contribution in [0.25, 0.3) is 10.9 Å². The molecular formula is C23H28N2. The lowest BCUT2D eigenvalue weighted by Gasteiger charge is -2.10. The molecule has 130 valence electrons. The summed E-state index contributed by atoms with van der Waals surface area (Å²) in [5, 5.41) is 4.70. The van der Waals surface area contributed by atoms with E-state index in [0.29, 0.717) is 0 Å². The molecule has 0 bridgehead atoms. The summed E-state index contributed by atoms with van der Waals surface area (Å²) in [6, 6.07) is 19.4. The van der Waals surface area contributed by atoms with Crippen molar-refractivity contribution in [2.75, 3.05) is 5.32 Å². The highest BCUT2D eigenvalue weighted by molar-refractivity contribution is 5.90. The van der Waals surface area contributed by atoms with Crippen LogP contribution in [-0.2, 0) is 13.0 Å². The number of aromatic nitrogens is 1. The molecule has 3 rings (SSSR count). The first kappa shape index (κ1) is 17.5. The van der Waals surface area contributed by atoms with E-state index < -0.39 is 0 Å². The van der Waals surface area contributed by atoms with Crippen LogP contribution in [0.5, 0.6) is 0 Å². The Kier molecular flexibility index (Phi) is 6.44. The Morgan fingerprint density at radius 3 is 2.40 bits per heavy atom. The predicted octanol–water partition coefficient (Wildman–Crippen LogP) is 6.36. The quantitative estimate of drug-likeness (QED) is 0.461. The average molecular weight is 332 g/mol. The van der Waals surface area contributed by atoms with E-state index in [9.17, 15) is 0 Å². The molecule has 1 N–H and O–H groups in total. The zero-order valence-electron chi connectivity index (χ0n) is 15.2. The number of benzene rings is 2. The molecule has 0 saturated heterocycles. The Morgan fingerprint density at radius 2 is 1.56 bits per heavy atom. The number of nitrogens with one attached hydrogen (secondary N) is 1. The molecule has 2 heteroatoms. The van der Waals surface area contributed by atoms with Crippen LogP contribution in [0.3, 0.4) is 0 Å². The molecule has 0 saturated carbocycles. The van der Waals surface area contributed by atoms with E-state index >= 15 is 0 Å². The number of rotatable bonds is 9. The second kappa shape index (κ2) is 9.22. The summed E-state index contributed by atoms with van der Waals surface area (Å²) in [5.74, 6) is 0. The lowest BCUT2D eigenvalue weighted by atomic mass is 10.0. The molecule has 1 aromatic heterocycles. The van der Waals surface area contributed by atoms with Crippen molar-refractivity contribution in [3.63, 3.8) is 0 Å². The topological polar surface area (TPSA) is 24.9 Å². The van der Waals surface area contributed by atoms with E-state index in [1.54, 1.807) is 0 Å². The predicted molar refractivity (Wildman–Crippen MR) is 108 cm³/mol. The molecule has 2 nitrogen and oxygen atoms in total. The van der Waals surface area contributed by atoms with Gasteiger partial charge in [0, 0.05) is 18.1 Å². The van der Waals surface area contributed by atoms with Crippen LogP contribution in [0.1, 0.15) is 50.2 Å². The fraction of sp³-hybridized carbons (Fsp3) is 0.348. The van der Waals surface area contributed by atoms with Crippen molar-refractivity contribution in [1.29, 1.82) is 0 Å². The summed E-state index contributed by atoms with van der Waals surface area (Å²) in [6.07, 6.45) is 9.76. The highest BCUT2D eigenvalue weighted by Crippen LogP contribution is 2.21. The first-order valence-electron chi connectivity index (χ1n) is 9.52. The molecule has 0 aliphatic carbocycles. The molecule has 0 amide bonds. The fourth-order valence-corrected chi connectivity index (χ4v) is 3.20. The van der Waals surface area contributed by atoms with Gasteiger partial charge >= 0.3 is 0 Å². The Hall–Kier alpha value is -2.35. The minimum atomic E-state index is 0.826. The number of para-hydroxylation sites is 1. The lowest BCUT2D eigenvalue weighted by molar-refractivity contribution is 0.632. The van der Waals surface area contributed by atoms with E-state index in [1.807, 2.05) is 12.3 Å². The largest absolute Gasteiger partial charge is 0.379 e. The first-order valence-corrected chi connectivity index (χ1v) is 9.52. The van der Waals surface area contributed by atoms with Gasteiger partial charge in [0.25, 0.3) is 0 Å². The molecule has 25 heavy (non-hydrogen) atoms. The summed E-state index contributed by atoms with van der Waals surface area (Å²) in [5.41, 5.74) is 4.89. The molecule has 3 aromatic rings. The maximum absolute atomic E-state index is 4.50. The van der Waals surface area contributed by atoms with Gasteiger partial charge in [-0.2, -0.15) is 0 Å². The second-order valence-electron chi connectivity index (χ2n) is 6.71. The fourth-order valence-electron chi connectivity index (χ4n) is 3.20. The monoisotopic (exact) mass is 332 g/mol. The van der Waals surface area contributed by atoms with Crippen molar-refractivity contribution in [1.82, 2.24) is 4.98 Å². The zero-order valence-corrected chi connectivity index (χ0v) is 15.2. The van der Waals surface area contributed by atoms with Gasteiger partial charge in [-0.05, 0) is 36.1 Å². The van der Waals surface area contributed by atoms with E-state index in [2.05, 4.69) is 65.8 Å². The molecule has 0 unspecified atom stereocenters. The van der Waals surface area contributed by atoms with Crippen LogP contribution < -0.4 is 5.32 Å². The first-order chi connectivity index (χ1) is 12.4. The van der Waals surface area contributed by atoms with E-state index in [0.717, 1.165) is 17.7 Å². The third kappa shape index (κ3) is 5.06. The maximum atomic E-state index is 4.50. The van der Waals surface area contributed by atoms with Crippen LogP contribution in [0.4, 0.5) is 5.69 Å². The summed E-state index contributed by atoms with van der Waals surface area (Å²) in [6.45, 7) is 3.09. The Bertz CT molecular complexity index is 772. The third-order valence-corrected chi connectivity index (χ3v) is 4.71. The van der Waals surface area contributed by atoms with Crippen molar-refractivity contribution >= 4 is 16.6 Å². The molecule has 0 atom stereocenters. The smallest absolute Gasteiger partial charge is 0.0933 e. The van der Waals surface area contributed by atoms with Gasteiger partial charge in [0.1, 0.15) is 0 Å².